The Morgan fingerprint density at radius 3 is 2.46 bits per heavy atom. The topological polar surface area (TPSA) is 58.5 Å². The molecule has 0 aliphatic rings. The maximum atomic E-state index is 5.48. The average molecular weight is 354 g/mol. The number of nitrogens with zero attached hydrogens (tertiary/aromatic N) is 2. The highest BCUT2D eigenvalue weighted by Crippen LogP contribution is 2.24. The molecule has 1 aromatic carbocycles. The first-order valence-electron chi connectivity index (χ1n) is 8.88. The van der Waals surface area contributed by atoms with Crippen molar-refractivity contribution < 1.29 is 4.74 Å². The SMILES string of the molecule is CN=C(NCc1ncc(C)c(OC)c1C)NCC(C)(C)c1ccccc1. The highest BCUT2D eigenvalue weighted by molar-refractivity contribution is 5.79. The van der Waals surface area contributed by atoms with Crippen molar-refractivity contribution in [1.29, 1.82) is 0 Å². The molecule has 1 aromatic heterocycles. The smallest absolute Gasteiger partial charge is 0.191 e. The number of ether oxygens (including phenoxy) is 1. The van der Waals surface area contributed by atoms with Crippen LogP contribution in [0.4, 0.5) is 0 Å². The van der Waals surface area contributed by atoms with Crippen molar-refractivity contribution in [1.82, 2.24) is 15.6 Å². The predicted octanol–water partition coefficient (Wildman–Crippen LogP) is 3.35. The number of aliphatic imine (C=N–C) groups is 1. The molecular weight excluding hydrogens is 324 g/mol. The minimum Gasteiger partial charge on any atom is -0.496 e. The molecule has 1 heterocycles. The molecule has 2 N–H and O–H groups in total. The zero-order valence-electron chi connectivity index (χ0n) is 16.7. The molecule has 0 aliphatic heterocycles. The van der Waals surface area contributed by atoms with Crippen molar-refractivity contribution >= 4 is 5.96 Å². The highest BCUT2D eigenvalue weighted by Gasteiger charge is 2.20. The molecule has 0 spiro atoms. The summed E-state index contributed by atoms with van der Waals surface area (Å²) in [5, 5.41) is 6.76. The third kappa shape index (κ3) is 4.75. The Bertz CT molecular complexity index is 754. The van der Waals surface area contributed by atoms with Gasteiger partial charge >= 0.3 is 0 Å². The zero-order chi connectivity index (χ0) is 19.2. The predicted molar refractivity (Wildman–Crippen MR) is 108 cm³/mol. The molecule has 0 atom stereocenters. The lowest BCUT2D eigenvalue weighted by molar-refractivity contribution is 0.406. The molecule has 0 radical (unpaired) electrons. The van der Waals surface area contributed by atoms with E-state index in [2.05, 4.69) is 58.7 Å². The van der Waals surface area contributed by atoms with Gasteiger partial charge in [0.15, 0.2) is 5.96 Å². The van der Waals surface area contributed by atoms with Gasteiger partial charge in [0.05, 0.1) is 19.3 Å². The van der Waals surface area contributed by atoms with Crippen molar-refractivity contribution in [3.05, 3.63) is 58.9 Å². The fourth-order valence-electron chi connectivity index (χ4n) is 2.93. The van der Waals surface area contributed by atoms with E-state index in [-0.39, 0.29) is 5.41 Å². The van der Waals surface area contributed by atoms with E-state index >= 15 is 0 Å². The van der Waals surface area contributed by atoms with Gasteiger partial charge < -0.3 is 15.4 Å². The van der Waals surface area contributed by atoms with Crippen LogP contribution in [0, 0.1) is 13.8 Å². The monoisotopic (exact) mass is 354 g/mol. The van der Waals surface area contributed by atoms with Gasteiger partial charge in [0, 0.05) is 36.3 Å². The normalized spacial score (nSPS) is 12.0. The molecule has 0 fully saturated rings. The number of hydrogen-bond acceptors (Lipinski definition) is 3. The number of guanidine groups is 1. The van der Waals surface area contributed by atoms with Crippen molar-refractivity contribution in [2.24, 2.45) is 4.99 Å². The van der Waals surface area contributed by atoms with Crippen LogP contribution in [0.3, 0.4) is 0 Å². The van der Waals surface area contributed by atoms with Gasteiger partial charge in [-0.3, -0.25) is 9.98 Å². The molecule has 140 valence electrons. The molecule has 0 bridgehead atoms. The molecular formula is C21H30N4O. The van der Waals surface area contributed by atoms with Gasteiger partial charge in [-0.2, -0.15) is 0 Å². The van der Waals surface area contributed by atoms with Crippen LogP contribution in [0.5, 0.6) is 5.75 Å². The standard InChI is InChI=1S/C21H30N4O/c1-15-12-23-18(16(2)19(15)26-6)13-24-20(22-5)25-14-21(3,4)17-10-8-7-9-11-17/h7-12H,13-14H2,1-6H3,(H2,22,24,25). The van der Waals surface area contributed by atoms with Crippen LogP contribution in [0.15, 0.2) is 41.5 Å². The van der Waals surface area contributed by atoms with Gasteiger partial charge in [-0.05, 0) is 19.4 Å². The van der Waals surface area contributed by atoms with E-state index in [0.29, 0.717) is 6.54 Å². The lowest BCUT2D eigenvalue weighted by Crippen LogP contribution is -2.43. The number of benzene rings is 1. The van der Waals surface area contributed by atoms with Crippen LogP contribution in [-0.4, -0.2) is 31.6 Å². The second kappa shape index (κ2) is 8.70. The fraction of sp³-hybridized carbons (Fsp3) is 0.429. The van der Waals surface area contributed by atoms with Crippen LogP contribution in [0.25, 0.3) is 0 Å². The third-order valence-corrected chi connectivity index (χ3v) is 4.65. The van der Waals surface area contributed by atoms with Crippen molar-refractivity contribution in [2.45, 2.75) is 39.7 Å². The number of nitrogens with one attached hydrogen (secondary N) is 2. The molecule has 2 aromatic rings. The number of pyridine rings is 1. The average Bonchev–Trinajstić information content (AvgIpc) is 2.64. The Morgan fingerprint density at radius 2 is 1.85 bits per heavy atom. The van der Waals surface area contributed by atoms with Gasteiger partial charge in [0.25, 0.3) is 0 Å². The maximum absolute atomic E-state index is 5.48. The zero-order valence-corrected chi connectivity index (χ0v) is 16.7. The summed E-state index contributed by atoms with van der Waals surface area (Å²) in [6.45, 7) is 9.85. The van der Waals surface area contributed by atoms with Gasteiger partial charge in [-0.25, -0.2) is 0 Å². The van der Waals surface area contributed by atoms with Gasteiger partial charge in [0.1, 0.15) is 5.75 Å². The maximum Gasteiger partial charge on any atom is 0.191 e. The van der Waals surface area contributed by atoms with Crippen molar-refractivity contribution in [3.8, 4) is 5.75 Å². The minimum absolute atomic E-state index is 0.000125. The first kappa shape index (κ1) is 19.8. The largest absolute Gasteiger partial charge is 0.496 e. The second-order valence-electron chi connectivity index (χ2n) is 7.08. The lowest BCUT2D eigenvalue weighted by Gasteiger charge is -2.26. The quantitative estimate of drug-likeness (QED) is 0.617. The summed E-state index contributed by atoms with van der Waals surface area (Å²) >= 11 is 0. The van der Waals surface area contributed by atoms with Crippen LogP contribution < -0.4 is 15.4 Å². The van der Waals surface area contributed by atoms with Crippen LogP contribution in [0.2, 0.25) is 0 Å². The summed E-state index contributed by atoms with van der Waals surface area (Å²) in [6, 6.07) is 10.5. The fourth-order valence-corrected chi connectivity index (χ4v) is 2.93. The van der Waals surface area contributed by atoms with E-state index in [1.54, 1.807) is 14.2 Å². The van der Waals surface area contributed by atoms with Gasteiger partial charge in [-0.15, -0.1) is 0 Å². The van der Waals surface area contributed by atoms with E-state index in [0.717, 1.165) is 35.1 Å². The molecule has 2 rings (SSSR count). The highest BCUT2D eigenvalue weighted by atomic mass is 16.5. The molecule has 0 aliphatic carbocycles. The number of hydrogen-bond donors (Lipinski definition) is 2. The number of aromatic nitrogens is 1. The molecule has 0 amide bonds. The first-order valence-corrected chi connectivity index (χ1v) is 8.88. The first-order chi connectivity index (χ1) is 12.4. The number of aryl methyl sites for hydroxylation is 1. The van der Waals surface area contributed by atoms with Crippen molar-refractivity contribution in [3.63, 3.8) is 0 Å². The Hall–Kier alpha value is -2.56. The molecule has 5 heteroatoms. The number of methoxy groups -OCH3 is 1. The minimum atomic E-state index is 0.000125. The Kier molecular flexibility index (Phi) is 6.61. The van der Waals surface area contributed by atoms with E-state index in [1.165, 1.54) is 5.56 Å². The van der Waals surface area contributed by atoms with Gasteiger partial charge in [-0.1, -0.05) is 44.2 Å². The Balaban J connectivity index is 1.99. The molecule has 0 unspecified atom stereocenters. The summed E-state index contributed by atoms with van der Waals surface area (Å²) in [5.74, 6) is 1.65. The molecule has 26 heavy (non-hydrogen) atoms. The van der Waals surface area contributed by atoms with E-state index in [9.17, 15) is 0 Å². The van der Waals surface area contributed by atoms with Crippen molar-refractivity contribution in [2.75, 3.05) is 20.7 Å². The molecule has 5 nitrogen and oxygen atoms in total. The summed E-state index contributed by atoms with van der Waals surface area (Å²) < 4.78 is 5.48. The lowest BCUT2D eigenvalue weighted by atomic mass is 9.85. The third-order valence-electron chi connectivity index (χ3n) is 4.65. The Morgan fingerprint density at radius 1 is 1.15 bits per heavy atom. The number of rotatable bonds is 6. The molecule has 0 saturated carbocycles. The van der Waals surface area contributed by atoms with Crippen LogP contribution in [0.1, 0.15) is 36.2 Å². The molecule has 0 saturated heterocycles. The summed E-state index contributed by atoms with van der Waals surface area (Å²) in [6.07, 6.45) is 1.84. The summed E-state index contributed by atoms with van der Waals surface area (Å²) in [5.41, 5.74) is 4.35. The van der Waals surface area contributed by atoms with Crippen LogP contribution in [-0.2, 0) is 12.0 Å². The van der Waals surface area contributed by atoms with Crippen LogP contribution >= 0.6 is 0 Å². The van der Waals surface area contributed by atoms with Gasteiger partial charge in [0.2, 0.25) is 0 Å². The summed E-state index contributed by atoms with van der Waals surface area (Å²) in [7, 11) is 3.47. The van der Waals surface area contributed by atoms with E-state index in [4.69, 9.17) is 4.74 Å². The second-order valence-corrected chi connectivity index (χ2v) is 7.08. The summed E-state index contributed by atoms with van der Waals surface area (Å²) in [4.78, 5) is 8.85. The van der Waals surface area contributed by atoms with E-state index in [1.807, 2.05) is 26.1 Å². The van der Waals surface area contributed by atoms with E-state index < -0.39 is 0 Å². The Labute approximate surface area is 156 Å².